The lowest BCUT2D eigenvalue weighted by Crippen LogP contribution is -2.10. The molecule has 3 N–H and O–H groups in total. The van der Waals surface area contributed by atoms with Crippen molar-refractivity contribution in [3.8, 4) is 0 Å². The van der Waals surface area contributed by atoms with E-state index in [1.165, 1.54) is 0 Å². The van der Waals surface area contributed by atoms with E-state index in [-0.39, 0.29) is 0 Å². The van der Waals surface area contributed by atoms with Crippen LogP contribution in [0.3, 0.4) is 0 Å². The van der Waals surface area contributed by atoms with Crippen molar-refractivity contribution < 1.29 is 4.79 Å². The molecule has 0 saturated carbocycles. The van der Waals surface area contributed by atoms with Crippen LogP contribution in [-0.2, 0) is 6.54 Å². The molecule has 3 rings (SSSR count). The number of nitrogens with one attached hydrogen (secondary N) is 1. The molecular weight excluding hydrogens is 266 g/mol. The highest BCUT2D eigenvalue weighted by Gasteiger charge is 2.02. The number of anilines is 1. The minimum Gasteiger partial charge on any atom is -0.381 e. The van der Waals surface area contributed by atoms with Gasteiger partial charge < -0.3 is 11.1 Å². The molecule has 21 heavy (non-hydrogen) atoms. The Morgan fingerprint density at radius 1 is 1.33 bits per heavy atom. The van der Waals surface area contributed by atoms with Crippen molar-refractivity contribution in [2.75, 3.05) is 5.32 Å². The first-order valence-corrected chi connectivity index (χ1v) is 6.56. The van der Waals surface area contributed by atoms with E-state index in [0.29, 0.717) is 12.1 Å². The van der Waals surface area contributed by atoms with Gasteiger partial charge in [0.2, 0.25) is 5.91 Å². The Bertz CT molecular complexity index is 791. The molecule has 2 aromatic heterocycles. The highest BCUT2D eigenvalue weighted by atomic mass is 16.1. The van der Waals surface area contributed by atoms with Crippen LogP contribution in [0.1, 0.15) is 21.6 Å². The first kappa shape index (κ1) is 13.1. The van der Waals surface area contributed by atoms with Gasteiger partial charge in [-0.25, -0.2) is 9.50 Å². The fraction of sp³-hybridized carbons (Fsp3) is 0.133. The number of rotatable bonds is 4. The number of aromatic nitrogens is 3. The van der Waals surface area contributed by atoms with Crippen molar-refractivity contribution in [2.24, 2.45) is 5.73 Å². The van der Waals surface area contributed by atoms with Crippen LogP contribution in [0.4, 0.5) is 5.69 Å². The predicted molar refractivity (Wildman–Crippen MR) is 80.0 cm³/mol. The Morgan fingerprint density at radius 3 is 2.81 bits per heavy atom. The fourth-order valence-corrected chi connectivity index (χ4v) is 2.08. The Hall–Kier alpha value is -2.89. The molecule has 0 unspecified atom stereocenters. The largest absolute Gasteiger partial charge is 0.381 e. The number of nitrogens with two attached hydrogens (primary N) is 1. The fourth-order valence-electron chi connectivity index (χ4n) is 2.08. The molecule has 2 heterocycles. The number of primary amides is 1. The van der Waals surface area contributed by atoms with Crippen molar-refractivity contribution in [2.45, 2.75) is 13.5 Å². The van der Waals surface area contributed by atoms with E-state index in [9.17, 15) is 4.79 Å². The van der Waals surface area contributed by atoms with Gasteiger partial charge in [-0.2, -0.15) is 5.10 Å². The first-order valence-electron chi connectivity index (χ1n) is 6.56. The van der Waals surface area contributed by atoms with Crippen LogP contribution in [0.2, 0.25) is 0 Å². The summed E-state index contributed by atoms with van der Waals surface area (Å²) in [5.74, 6) is -0.426. The Kier molecular flexibility index (Phi) is 3.27. The molecule has 0 radical (unpaired) electrons. The van der Waals surface area contributed by atoms with Gasteiger partial charge in [0, 0.05) is 41.8 Å². The van der Waals surface area contributed by atoms with Gasteiger partial charge in [-0.05, 0) is 31.2 Å². The van der Waals surface area contributed by atoms with Crippen LogP contribution in [-0.4, -0.2) is 20.5 Å². The number of fused-ring (bicyclic) bond motifs is 1. The summed E-state index contributed by atoms with van der Waals surface area (Å²) >= 11 is 0. The molecule has 0 saturated heterocycles. The SMILES string of the molecule is Cc1cc2ncc(CNc3ccc(C(N)=O)cc3)cn2n1. The van der Waals surface area contributed by atoms with Gasteiger partial charge in [-0.15, -0.1) is 0 Å². The van der Waals surface area contributed by atoms with Crippen molar-refractivity contribution in [3.63, 3.8) is 0 Å². The highest BCUT2D eigenvalue weighted by molar-refractivity contribution is 5.93. The highest BCUT2D eigenvalue weighted by Crippen LogP contribution is 2.11. The van der Waals surface area contributed by atoms with E-state index >= 15 is 0 Å². The third-order valence-corrected chi connectivity index (χ3v) is 3.15. The molecule has 1 amide bonds. The van der Waals surface area contributed by atoms with E-state index in [4.69, 9.17) is 5.73 Å². The van der Waals surface area contributed by atoms with E-state index in [1.54, 1.807) is 16.6 Å². The average Bonchev–Trinajstić information content (AvgIpc) is 2.84. The van der Waals surface area contributed by atoms with Crippen LogP contribution in [0.5, 0.6) is 0 Å². The van der Waals surface area contributed by atoms with E-state index in [1.807, 2.05) is 37.5 Å². The summed E-state index contributed by atoms with van der Waals surface area (Å²) in [5, 5.41) is 7.60. The summed E-state index contributed by atoms with van der Waals surface area (Å²) < 4.78 is 1.77. The van der Waals surface area contributed by atoms with E-state index in [2.05, 4.69) is 15.4 Å². The molecule has 1 aromatic carbocycles. The van der Waals surface area contributed by atoms with Crippen molar-refractivity contribution in [3.05, 3.63) is 59.5 Å². The lowest BCUT2D eigenvalue weighted by molar-refractivity contribution is 0.100. The molecule has 0 atom stereocenters. The number of aryl methyl sites for hydroxylation is 1. The lowest BCUT2D eigenvalue weighted by Gasteiger charge is -2.07. The van der Waals surface area contributed by atoms with Crippen LogP contribution < -0.4 is 11.1 Å². The Morgan fingerprint density at radius 2 is 2.10 bits per heavy atom. The molecule has 0 fully saturated rings. The summed E-state index contributed by atoms with van der Waals surface area (Å²) in [7, 11) is 0. The standard InChI is InChI=1S/C15H15N5O/c1-10-6-14-18-8-11(9-20(14)19-10)7-17-13-4-2-12(3-5-13)15(16)21/h2-6,8-9,17H,7H2,1H3,(H2,16,21). The minimum absolute atomic E-state index is 0.426. The Labute approximate surface area is 121 Å². The molecule has 0 aliphatic heterocycles. The maximum atomic E-state index is 11.0. The number of nitrogens with zero attached hydrogens (tertiary/aromatic N) is 3. The number of amides is 1. The maximum absolute atomic E-state index is 11.0. The second-order valence-electron chi connectivity index (χ2n) is 4.85. The van der Waals surface area contributed by atoms with Gasteiger partial charge >= 0.3 is 0 Å². The molecule has 0 spiro atoms. The third-order valence-electron chi connectivity index (χ3n) is 3.15. The number of hydrogen-bond donors (Lipinski definition) is 2. The molecule has 0 aliphatic rings. The van der Waals surface area contributed by atoms with E-state index in [0.717, 1.165) is 22.6 Å². The summed E-state index contributed by atoms with van der Waals surface area (Å²) in [6.07, 6.45) is 3.77. The van der Waals surface area contributed by atoms with Crippen LogP contribution in [0.25, 0.3) is 5.65 Å². The average molecular weight is 281 g/mol. The summed E-state index contributed by atoms with van der Waals surface area (Å²) in [6, 6.07) is 8.97. The third kappa shape index (κ3) is 2.84. The number of hydrogen-bond acceptors (Lipinski definition) is 4. The number of carbonyl (C=O) groups is 1. The second kappa shape index (κ2) is 5.24. The number of carbonyl (C=O) groups excluding carboxylic acids is 1. The zero-order chi connectivity index (χ0) is 14.8. The quantitative estimate of drug-likeness (QED) is 0.763. The molecule has 0 bridgehead atoms. The van der Waals surface area contributed by atoms with Crippen molar-refractivity contribution in [1.29, 1.82) is 0 Å². The lowest BCUT2D eigenvalue weighted by atomic mass is 10.2. The first-order chi connectivity index (χ1) is 10.1. The van der Waals surface area contributed by atoms with Crippen molar-refractivity contribution >= 4 is 17.2 Å². The van der Waals surface area contributed by atoms with Crippen LogP contribution in [0, 0.1) is 6.92 Å². The van der Waals surface area contributed by atoms with Gasteiger partial charge in [0.15, 0.2) is 5.65 Å². The smallest absolute Gasteiger partial charge is 0.248 e. The predicted octanol–water partition coefficient (Wildman–Crippen LogP) is 1.75. The minimum atomic E-state index is -0.426. The summed E-state index contributed by atoms with van der Waals surface area (Å²) in [6.45, 7) is 2.56. The monoisotopic (exact) mass is 281 g/mol. The molecular formula is C15H15N5O. The van der Waals surface area contributed by atoms with Gasteiger partial charge in [-0.1, -0.05) is 0 Å². The summed E-state index contributed by atoms with van der Waals surface area (Å²) in [4.78, 5) is 15.4. The zero-order valence-corrected chi connectivity index (χ0v) is 11.6. The second-order valence-corrected chi connectivity index (χ2v) is 4.85. The molecule has 6 nitrogen and oxygen atoms in total. The van der Waals surface area contributed by atoms with Gasteiger partial charge in [-0.3, -0.25) is 4.79 Å². The van der Waals surface area contributed by atoms with Gasteiger partial charge in [0.1, 0.15) is 0 Å². The summed E-state index contributed by atoms with van der Waals surface area (Å²) in [5.41, 5.74) is 9.41. The molecule has 6 heteroatoms. The van der Waals surface area contributed by atoms with Crippen LogP contribution in [0.15, 0.2) is 42.7 Å². The Balaban J connectivity index is 1.71. The topological polar surface area (TPSA) is 85.3 Å². The van der Waals surface area contributed by atoms with Gasteiger partial charge in [0.25, 0.3) is 0 Å². The van der Waals surface area contributed by atoms with Crippen LogP contribution >= 0.6 is 0 Å². The van der Waals surface area contributed by atoms with E-state index < -0.39 is 5.91 Å². The molecule has 106 valence electrons. The normalized spacial score (nSPS) is 10.7. The number of benzene rings is 1. The molecule has 0 aliphatic carbocycles. The maximum Gasteiger partial charge on any atom is 0.248 e. The van der Waals surface area contributed by atoms with Gasteiger partial charge in [0.05, 0.1) is 5.69 Å². The molecule has 3 aromatic rings. The zero-order valence-electron chi connectivity index (χ0n) is 11.6. The van der Waals surface area contributed by atoms with Crippen molar-refractivity contribution in [1.82, 2.24) is 14.6 Å².